The summed E-state index contributed by atoms with van der Waals surface area (Å²) in [4.78, 5) is 10.7. The Bertz CT molecular complexity index is 424. The number of hydrazine groups is 1. The van der Waals surface area contributed by atoms with Crippen LogP contribution in [0.5, 0.6) is 0 Å². The largest absolute Gasteiger partial charge is 0.446 e. The number of carbonyl (C=O) groups is 1. The summed E-state index contributed by atoms with van der Waals surface area (Å²) in [6.45, 7) is 3.18. The minimum absolute atomic E-state index is 0.408. The number of furan rings is 1. The number of carbonyl (C=O) groups excluding carboxylic acids is 1. The first-order valence-corrected chi connectivity index (χ1v) is 6.80. The lowest BCUT2D eigenvalue weighted by Gasteiger charge is -2.27. The molecule has 4 heterocycles. The third-order valence-corrected chi connectivity index (χ3v) is 4.51. The quantitative estimate of drug-likeness (QED) is 0.850. The zero-order valence-electron chi connectivity index (χ0n) is 9.49. The highest BCUT2D eigenvalue weighted by Crippen LogP contribution is 2.38. The molecule has 1 atom stereocenters. The summed E-state index contributed by atoms with van der Waals surface area (Å²) in [6, 6.07) is 1.87. The molecule has 3 aliphatic rings. The van der Waals surface area contributed by atoms with Gasteiger partial charge in [-0.3, -0.25) is 10.2 Å². The number of piperidine rings is 1. The number of nitrogens with one attached hydrogen (secondary N) is 1. The lowest BCUT2D eigenvalue weighted by atomic mass is 9.82. The Labute approximate surface area is 108 Å². The van der Waals surface area contributed by atoms with Gasteiger partial charge in [0.15, 0.2) is 16.7 Å². The number of hydrogen-bond donors (Lipinski definition) is 1. The van der Waals surface area contributed by atoms with Gasteiger partial charge in [-0.25, -0.2) is 5.01 Å². The van der Waals surface area contributed by atoms with Crippen LogP contribution in [-0.2, 0) is 0 Å². The Balaban J connectivity index is 1.91. The molecule has 0 spiro atoms. The molecule has 92 valence electrons. The van der Waals surface area contributed by atoms with E-state index in [1.807, 2.05) is 6.07 Å². The summed E-state index contributed by atoms with van der Waals surface area (Å²) in [5, 5.41) is 2.30. The molecule has 0 aliphatic carbocycles. The summed E-state index contributed by atoms with van der Waals surface area (Å²) >= 11 is 3.42. The number of hydrogen-bond acceptors (Lipinski definition) is 4. The summed E-state index contributed by atoms with van der Waals surface area (Å²) in [5.41, 5.74) is 4.59. The van der Waals surface area contributed by atoms with Gasteiger partial charge in [-0.15, -0.1) is 0 Å². The molecule has 3 fully saturated rings. The fraction of sp³-hybridized carbons (Fsp3) is 0.583. The van der Waals surface area contributed by atoms with Crippen LogP contribution >= 0.6 is 15.9 Å². The minimum Gasteiger partial charge on any atom is -0.446 e. The van der Waals surface area contributed by atoms with Gasteiger partial charge >= 0.3 is 0 Å². The second kappa shape index (κ2) is 4.55. The molecule has 3 aliphatic heterocycles. The average molecular weight is 299 g/mol. The van der Waals surface area contributed by atoms with Crippen molar-refractivity contribution in [2.45, 2.75) is 18.8 Å². The van der Waals surface area contributed by atoms with Crippen molar-refractivity contribution in [3.63, 3.8) is 0 Å². The van der Waals surface area contributed by atoms with Crippen LogP contribution in [0.3, 0.4) is 0 Å². The molecule has 4 nitrogen and oxygen atoms in total. The molecule has 1 N–H and O–H groups in total. The minimum atomic E-state index is 0.408. The molecule has 0 saturated carbocycles. The van der Waals surface area contributed by atoms with Crippen molar-refractivity contribution < 1.29 is 9.21 Å². The molecule has 1 aromatic heterocycles. The Morgan fingerprint density at radius 2 is 2.24 bits per heavy atom. The molecule has 1 aromatic rings. The zero-order chi connectivity index (χ0) is 11.8. The molecule has 4 rings (SSSR count). The maximum atomic E-state index is 10.7. The van der Waals surface area contributed by atoms with E-state index in [0.717, 1.165) is 31.5 Å². The zero-order valence-corrected chi connectivity index (χ0v) is 11.1. The molecule has 2 bridgehead atoms. The van der Waals surface area contributed by atoms with E-state index in [9.17, 15) is 4.79 Å². The van der Waals surface area contributed by atoms with Crippen molar-refractivity contribution in [2.75, 3.05) is 19.6 Å². The van der Waals surface area contributed by atoms with Gasteiger partial charge in [0.25, 0.3) is 0 Å². The molecular formula is C12H15BrN2O2. The number of fused-ring (bicyclic) bond motifs is 4. The Kier molecular flexibility index (Phi) is 3.06. The molecule has 0 radical (unpaired) electrons. The van der Waals surface area contributed by atoms with Crippen LogP contribution in [0.1, 0.15) is 34.9 Å². The Hall–Kier alpha value is -0.650. The highest BCUT2D eigenvalue weighted by molar-refractivity contribution is 9.10. The monoisotopic (exact) mass is 298 g/mol. The first kappa shape index (κ1) is 11.4. The first-order valence-electron chi connectivity index (χ1n) is 6.01. The smallest absolute Gasteiger partial charge is 0.185 e. The van der Waals surface area contributed by atoms with E-state index < -0.39 is 0 Å². The second-order valence-electron chi connectivity index (χ2n) is 4.79. The van der Waals surface area contributed by atoms with Crippen molar-refractivity contribution in [1.29, 1.82) is 0 Å². The van der Waals surface area contributed by atoms with E-state index in [1.54, 1.807) is 0 Å². The molecule has 17 heavy (non-hydrogen) atoms. The maximum absolute atomic E-state index is 10.7. The van der Waals surface area contributed by atoms with Gasteiger partial charge < -0.3 is 4.42 Å². The molecule has 5 heteroatoms. The van der Waals surface area contributed by atoms with Crippen LogP contribution in [-0.4, -0.2) is 30.9 Å². The Morgan fingerprint density at radius 3 is 2.88 bits per heavy atom. The molecule has 0 aromatic carbocycles. The summed E-state index contributed by atoms with van der Waals surface area (Å²) < 4.78 is 6.09. The average Bonchev–Trinajstić information content (AvgIpc) is 2.54. The lowest BCUT2D eigenvalue weighted by Crippen LogP contribution is -2.39. The van der Waals surface area contributed by atoms with Crippen LogP contribution in [0.15, 0.2) is 15.2 Å². The number of rotatable bonds is 2. The van der Waals surface area contributed by atoms with Gasteiger partial charge in [-0.2, -0.15) is 0 Å². The fourth-order valence-corrected chi connectivity index (χ4v) is 3.53. The van der Waals surface area contributed by atoms with Gasteiger partial charge in [0, 0.05) is 31.1 Å². The van der Waals surface area contributed by atoms with Gasteiger partial charge in [0.1, 0.15) is 0 Å². The van der Waals surface area contributed by atoms with E-state index in [4.69, 9.17) is 4.42 Å². The normalized spacial score (nSPS) is 32.4. The SMILES string of the molecule is O=Cc1cc(C2CNN3CCC2CC3)c(Br)o1. The van der Waals surface area contributed by atoms with Crippen molar-refractivity contribution in [1.82, 2.24) is 10.4 Å². The van der Waals surface area contributed by atoms with Crippen LogP contribution < -0.4 is 5.43 Å². The summed E-state index contributed by atoms with van der Waals surface area (Å²) in [7, 11) is 0. The molecule has 0 amide bonds. The van der Waals surface area contributed by atoms with Crippen molar-refractivity contribution in [3.05, 3.63) is 22.1 Å². The van der Waals surface area contributed by atoms with Crippen LogP contribution in [0.4, 0.5) is 0 Å². The predicted octanol–water partition coefficient (Wildman–Crippen LogP) is 2.17. The van der Waals surface area contributed by atoms with E-state index in [2.05, 4.69) is 26.4 Å². The van der Waals surface area contributed by atoms with E-state index >= 15 is 0 Å². The lowest BCUT2D eigenvalue weighted by molar-refractivity contribution is 0.109. The van der Waals surface area contributed by atoms with Crippen LogP contribution in [0.2, 0.25) is 0 Å². The van der Waals surface area contributed by atoms with Crippen molar-refractivity contribution >= 4 is 22.2 Å². The summed E-state index contributed by atoms with van der Waals surface area (Å²) in [6.07, 6.45) is 3.19. The third-order valence-electron chi connectivity index (χ3n) is 3.89. The van der Waals surface area contributed by atoms with Gasteiger partial charge in [0.2, 0.25) is 0 Å². The predicted molar refractivity (Wildman–Crippen MR) is 66.8 cm³/mol. The van der Waals surface area contributed by atoms with Crippen LogP contribution in [0, 0.1) is 5.92 Å². The van der Waals surface area contributed by atoms with Gasteiger partial charge in [0.05, 0.1) is 0 Å². The first-order chi connectivity index (χ1) is 8.28. The van der Waals surface area contributed by atoms with E-state index in [-0.39, 0.29) is 0 Å². The topological polar surface area (TPSA) is 45.5 Å². The summed E-state index contributed by atoms with van der Waals surface area (Å²) in [5.74, 6) is 1.54. The van der Waals surface area contributed by atoms with Crippen molar-refractivity contribution in [3.8, 4) is 0 Å². The molecule has 1 unspecified atom stereocenters. The Morgan fingerprint density at radius 1 is 1.47 bits per heavy atom. The van der Waals surface area contributed by atoms with Gasteiger partial charge in [-0.1, -0.05) is 0 Å². The van der Waals surface area contributed by atoms with E-state index in [1.165, 1.54) is 12.8 Å². The fourth-order valence-electron chi connectivity index (χ4n) is 2.93. The highest BCUT2D eigenvalue weighted by atomic mass is 79.9. The number of nitrogens with zero attached hydrogens (tertiary/aromatic N) is 1. The van der Waals surface area contributed by atoms with Crippen molar-refractivity contribution in [2.24, 2.45) is 5.92 Å². The third kappa shape index (κ3) is 2.07. The van der Waals surface area contributed by atoms with E-state index in [0.29, 0.717) is 22.3 Å². The maximum Gasteiger partial charge on any atom is 0.185 e. The highest BCUT2D eigenvalue weighted by Gasteiger charge is 2.33. The van der Waals surface area contributed by atoms with Gasteiger partial charge in [-0.05, 0) is 40.8 Å². The molecule has 3 saturated heterocycles. The molecular weight excluding hydrogens is 284 g/mol. The van der Waals surface area contributed by atoms with Crippen LogP contribution in [0.25, 0.3) is 0 Å². The second-order valence-corrected chi connectivity index (χ2v) is 5.51. The number of halogens is 1. The number of aldehydes is 1. The standard InChI is InChI=1S/C12H15BrN2O2/c13-12-10(5-9(7-16)17-12)11-6-14-15-3-1-8(11)2-4-15/h5,7-8,11,14H,1-4,6H2.